The Balaban J connectivity index is 2.25. The minimum absolute atomic E-state index is 0.779. The van der Waals surface area contributed by atoms with Crippen molar-refractivity contribution in [3.8, 4) is 0 Å². The van der Waals surface area contributed by atoms with Gasteiger partial charge in [-0.05, 0) is 33.0 Å². The van der Waals surface area contributed by atoms with Crippen molar-refractivity contribution in [3.63, 3.8) is 0 Å². The van der Waals surface area contributed by atoms with E-state index in [2.05, 4.69) is 46.7 Å². The van der Waals surface area contributed by atoms with Crippen LogP contribution in [0.4, 0.5) is 0 Å². The van der Waals surface area contributed by atoms with E-state index in [1.807, 2.05) is 0 Å². The van der Waals surface area contributed by atoms with Gasteiger partial charge in [-0.2, -0.15) is 0 Å². The van der Waals surface area contributed by atoms with Crippen LogP contribution >= 0.6 is 15.9 Å². The fourth-order valence-corrected chi connectivity index (χ4v) is 2.09. The third-order valence-electron chi connectivity index (χ3n) is 2.81. The van der Waals surface area contributed by atoms with Crippen molar-refractivity contribution in [3.05, 3.63) is 0 Å². The second-order valence-corrected chi connectivity index (χ2v) is 5.07. The summed E-state index contributed by atoms with van der Waals surface area (Å²) >= 11 is 3.53. The molecule has 0 bridgehead atoms. The fourth-order valence-electron chi connectivity index (χ4n) is 1.89. The lowest BCUT2D eigenvalue weighted by molar-refractivity contribution is 0.253. The summed E-state index contributed by atoms with van der Waals surface area (Å²) in [5.74, 6) is 0.779. The number of hydrogen-bond donors (Lipinski definition) is 0. The van der Waals surface area contributed by atoms with E-state index in [1.54, 1.807) is 0 Å². The first kappa shape index (κ1) is 11.5. The normalized spacial score (nSPS) is 27.0. The number of hydrogen-bond acceptors (Lipinski definition) is 2. The van der Waals surface area contributed by atoms with Crippen LogP contribution < -0.4 is 0 Å². The average Bonchev–Trinajstić information content (AvgIpc) is 2.52. The van der Waals surface area contributed by atoms with Crippen molar-refractivity contribution < 1.29 is 0 Å². The summed E-state index contributed by atoms with van der Waals surface area (Å²) in [4.78, 5) is 4.93. The minimum atomic E-state index is 0.779. The maximum atomic E-state index is 3.53. The fraction of sp³-hybridized carbons (Fsp3) is 1.00. The molecule has 0 radical (unpaired) electrons. The third-order valence-corrected chi connectivity index (χ3v) is 3.92. The van der Waals surface area contributed by atoms with Gasteiger partial charge in [-0.1, -0.05) is 22.9 Å². The van der Waals surface area contributed by atoms with Gasteiger partial charge in [0.05, 0.1) is 0 Å². The SMILES string of the molecule is CC(CBr)CN1CCC(N(C)C)C1. The Hall–Kier alpha value is 0.400. The van der Waals surface area contributed by atoms with E-state index in [9.17, 15) is 0 Å². The lowest BCUT2D eigenvalue weighted by Crippen LogP contribution is -2.33. The molecule has 13 heavy (non-hydrogen) atoms. The van der Waals surface area contributed by atoms with Gasteiger partial charge in [-0.15, -0.1) is 0 Å². The highest BCUT2D eigenvalue weighted by atomic mass is 79.9. The second kappa shape index (κ2) is 5.32. The quantitative estimate of drug-likeness (QED) is 0.699. The van der Waals surface area contributed by atoms with Gasteiger partial charge in [-0.3, -0.25) is 0 Å². The molecule has 2 atom stereocenters. The molecule has 0 aromatic rings. The van der Waals surface area contributed by atoms with E-state index >= 15 is 0 Å². The van der Waals surface area contributed by atoms with Crippen LogP contribution in [-0.2, 0) is 0 Å². The zero-order chi connectivity index (χ0) is 9.84. The summed E-state index contributed by atoms with van der Waals surface area (Å²) in [6, 6.07) is 0.780. The van der Waals surface area contributed by atoms with Gasteiger partial charge in [0.15, 0.2) is 0 Å². The zero-order valence-corrected chi connectivity index (χ0v) is 10.5. The van der Waals surface area contributed by atoms with Crippen molar-refractivity contribution in [2.24, 2.45) is 5.92 Å². The summed E-state index contributed by atoms with van der Waals surface area (Å²) in [5, 5.41) is 1.12. The Labute approximate surface area is 90.4 Å². The Morgan fingerprint density at radius 3 is 2.69 bits per heavy atom. The van der Waals surface area contributed by atoms with Crippen LogP contribution in [0.1, 0.15) is 13.3 Å². The van der Waals surface area contributed by atoms with Crippen LogP contribution in [0.15, 0.2) is 0 Å². The Kier molecular flexibility index (Phi) is 4.70. The summed E-state index contributed by atoms with van der Waals surface area (Å²) < 4.78 is 0. The minimum Gasteiger partial charge on any atom is -0.305 e. The lowest BCUT2D eigenvalue weighted by Gasteiger charge is -2.22. The first-order valence-corrected chi connectivity index (χ1v) is 6.20. The van der Waals surface area contributed by atoms with Crippen molar-refractivity contribution in [1.82, 2.24) is 9.80 Å². The topological polar surface area (TPSA) is 6.48 Å². The first-order chi connectivity index (χ1) is 6.13. The molecule has 1 heterocycles. The number of halogens is 1. The number of rotatable bonds is 4. The number of likely N-dealkylation sites (N-methyl/N-ethyl adjacent to an activating group) is 1. The van der Waals surface area contributed by atoms with E-state index < -0.39 is 0 Å². The molecule has 1 fully saturated rings. The lowest BCUT2D eigenvalue weighted by atomic mass is 10.2. The molecule has 1 aliphatic rings. The van der Waals surface area contributed by atoms with Crippen molar-refractivity contribution >= 4 is 15.9 Å². The van der Waals surface area contributed by atoms with Crippen molar-refractivity contribution in [1.29, 1.82) is 0 Å². The van der Waals surface area contributed by atoms with Gasteiger partial charge in [0.1, 0.15) is 0 Å². The standard InChI is InChI=1S/C10H21BrN2/c1-9(6-11)7-13-5-4-10(8-13)12(2)3/h9-10H,4-8H2,1-3H3. The number of nitrogens with zero attached hydrogens (tertiary/aromatic N) is 2. The second-order valence-electron chi connectivity index (χ2n) is 4.43. The van der Waals surface area contributed by atoms with Crippen molar-refractivity contribution in [2.75, 3.05) is 39.1 Å². The van der Waals surface area contributed by atoms with E-state index in [0.29, 0.717) is 0 Å². The average molecular weight is 249 g/mol. The molecule has 1 rings (SSSR count). The molecule has 78 valence electrons. The molecule has 0 saturated carbocycles. The highest BCUT2D eigenvalue weighted by Crippen LogP contribution is 2.15. The number of alkyl halides is 1. The largest absolute Gasteiger partial charge is 0.305 e. The van der Waals surface area contributed by atoms with Gasteiger partial charge < -0.3 is 9.80 Å². The molecule has 0 amide bonds. The Morgan fingerprint density at radius 1 is 1.54 bits per heavy atom. The summed E-state index contributed by atoms with van der Waals surface area (Å²) in [6.45, 7) is 6.08. The molecule has 0 aliphatic carbocycles. The van der Waals surface area contributed by atoms with Crippen LogP contribution in [0.25, 0.3) is 0 Å². The molecule has 3 heteroatoms. The van der Waals surface area contributed by atoms with Gasteiger partial charge >= 0.3 is 0 Å². The molecule has 2 unspecified atom stereocenters. The van der Waals surface area contributed by atoms with Crippen LogP contribution in [-0.4, -0.2) is 54.9 Å². The molecular weight excluding hydrogens is 228 g/mol. The van der Waals surface area contributed by atoms with E-state index in [0.717, 1.165) is 17.3 Å². The summed E-state index contributed by atoms with van der Waals surface area (Å²) in [5.41, 5.74) is 0. The molecule has 0 N–H and O–H groups in total. The van der Waals surface area contributed by atoms with Crippen LogP contribution in [0.2, 0.25) is 0 Å². The predicted octanol–water partition coefficient (Wildman–Crippen LogP) is 1.65. The monoisotopic (exact) mass is 248 g/mol. The molecule has 0 aromatic heterocycles. The maximum absolute atomic E-state index is 3.53. The van der Waals surface area contributed by atoms with Crippen molar-refractivity contribution in [2.45, 2.75) is 19.4 Å². The molecule has 1 saturated heterocycles. The van der Waals surface area contributed by atoms with Gasteiger partial charge in [0, 0.05) is 24.5 Å². The molecule has 0 aromatic carbocycles. The maximum Gasteiger partial charge on any atom is 0.0229 e. The molecule has 0 spiro atoms. The Bertz CT molecular complexity index is 150. The highest BCUT2D eigenvalue weighted by Gasteiger charge is 2.24. The Morgan fingerprint density at radius 2 is 2.23 bits per heavy atom. The zero-order valence-electron chi connectivity index (χ0n) is 8.96. The first-order valence-electron chi connectivity index (χ1n) is 5.08. The van der Waals surface area contributed by atoms with E-state index in [-0.39, 0.29) is 0 Å². The van der Waals surface area contributed by atoms with Gasteiger partial charge in [-0.25, -0.2) is 0 Å². The van der Waals surface area contributed by atoms with Crippen LogP contribution in [0.3, 0.4) is 0 Å². The predicted molar refractivity (Wildman–Crippen MR) is 61.5 cm³/mol. The van der Waals surface area contributed by atoms with Crippen LogP contribution in [0, 0.1) is 5.92 Å². The van der Waals surface area contributed by atoms with Crippen LogP contribution in [0.5, 0.6) is 0 Å². The highest BCUT2D eigenvalue weighted by molar-refractivity contribution is 9.09. The van der Waals surface area contributed by atoms with E-state index in [1.165, 1.54) is 26.1 Å². The number of likely N-dealkylation sites (tertiary alicyclic amines) is 1. The molecule has 1 aliphatic heterocycles. The smallest absolute Gasteiger partial charge is 0.0229 e. The summed E-state index contributed by atoms with van der Waals surface area (Å²) in [6.07, 6.45) is 1.34. The molecular formula is C10H21BrN2. The summed E-state index contributed by atoms with van der Waals surface area (Å²) in [7, 11) is 4.37. The molecule has 2 nitrogen and oxygen atoms in total. The van der Waals surface area contributed by atoms with Gasteiger partial charge in [0.2, 0.25) is 0 Å². The van der Waals surface area contributed by atoms with Gasteiger partial charge in [0.25, 0.3) is 0 Å². The van der Waals surface area contributed by atoms with E-state index in [4.69, 9.17) is 0 Å². The third kappa shape index (κ3) is 3.56.